The molecule has 1 amide bonds. The van der Waals surface area contributed by atoms with E-state index in [9.17, 15) is 4.79 Å². The molecule has 0 saturated carbocycles. The maximum Gasteiger partial charge on any atom is 0.233 e. The summed E-state index contributed by atoms with van der Waals surface area (Å²) in [5.41, 5.74) is 0. The van der Waals surface area contributed by atoms with Crippen LogP contribution < -0.4 is 10.6 Å². The third-order valence-electron chi connectivity index (χ3n) is 2.12. The van der Waals surface area contributed by atoms with Gasteiger partial charge in [-0.05, 0) is 18.8 Å². The molecule has 4 nitrogen and oxygen atoms in total. The summed E-state index contributed by atoms with van der Waals surface area (Å²) in [7, 11) is 0. The Kier molecular flexibility index (Phi) is 10.5. The fraction of sp³-hybridized carbons (Fsp3) is 0.917. The number of rotatable bonds is 10. The van der Waals surface area contributed by atoms with Gasteiger partial charge in [0, 0.05) is 19.7 Å². The van der Waals surface area contributed by atoms with Gasteiger partial charge in [0.25, 0.3) is 0 Å². The zero-order valence-electron chi connectivity index (χ0n) is 10.8. The predicted octanol–water partition coefficient (Wildman–Crippen LogP) is 1.16. The third-order valence-corrected chi connectivity index (χ3v) is 2.12. The summed E-state index contributed by atoms with van der Waals surface area (Å²) >= 11 is 0. The number of hydrogen-bond donors (Lipinski definition) is 2. The lowest BCUT2D eigenvalue weighted by Crippen LogP contribution is -2.35. The molecule has 0 fully saturated rings. The first-order valence-corrected chi connectivity index (χ1v) is 6.22. The first-order chi connectivity index (χ1) is 7.66. The standard InChI is InChI=1S/C12H26N2O2/c1-4-6-14-12(15)10-13-7-9-16-8-5-11(2)3/h11,13H,4-10H2,1-3H3,(H,14,15). The van der Waals surface area contributed by atoms with E-state index in [2.05, 4.69) is 24.5 Å². The molecular formula is C12H26N2O2. The highest BCUT2D eigenvalue weighted by Crippen LogP contribution is 1.97. The van der Waals surface area contributed by atoms with Crippen LogP contribution in [0.2, 0.25) is 0 Å². The summed E-state index contributed by atoms with van der Waals surface area (Å²) in [5, 5.41) is 5.85. The molecule has 96 valence electrons. The summed E-state index contributed by atoms with van der Waals surface area (Å²) in [6, 6.07) is 0. The Bertz CT molecular complexity index is 172. The van der Waals surface area contributed by atoms with Crippen LogP contribution in [0.3, 0.4) is 0 Å². The minimum Gasteiger partial charge on any atom is -0.380 e. The Morgan fingerprint density at radius 3 is 2.62 bits per heavy atom. The van der Waals surface area contributed by atoms with Crippen LogP contribution in [-0.4, -0.2) is 38.8 Å². The summed E-state index contributed by atoms with van der Waals surface area (Å²) in [6.07, 6.45) is 2.07. The SMILES string of the molecule is CCCNC(=O)CNCCOCCC(C)C. The van der Waals surface area contributed by atoms with Gasteiger partial charge in [-0.25, -0.2) is 0 Å². The van der Waals surface area contributed by atoms with Crippen LogP contribution in [0.25, 0.3) is 0 Å². The average Bonchev–Trinajstić information content (AvgIpc) is 2.24. The third kappa shape index (κ3) is 11.5. The van der Waals surface area contributed by atoms with Crippen molar-refractivity contribution in [3.8, 4) is 0 Å². The van der Waals surface area contributed by atoms with Crippen molar-refractivity contribution in [2.75, 3.05) is 32.8 Å². The van der Waals surface area contributed by atoms with Crippen LogP contribution in [0, 0.1) is 5.92 Å². The number of hydrogen-bond acceptors (Lipinski definition) is 3. The Hall–Kier alpha value is -0.610. The van der Waals surface area contributed by atoms with Gasteiger partial charge in [0.05, 0.1) is 13.2 Å². The van der Waals surface area contributed by atoms with Crippen molar-refractivity contribution < 1.29 is 9.53 Å². The molecule has 0 atom stereocenters. The summed E-state index contributed by atoms with van der Waals surface area (Å²) in [4.78, 5) is 11.2. The predicted molar refractivity (Wildman–Crippen MR) is 66.4 cm³/mol. The molecule has 0 spiro atoms. The number of ether oxygens (including phenoxy) is 1. The van der Waals surface area contributed by atoms with Crippen molar-refractivity contribution in [1.29, 1.82) is 0 Å². The van der Waals surface area contributed by atoms with Gasteiger partial charge in [-0.3, -0.25) is 4.79 Å². The molecule has 0 aromatic heterocycles. The van der Waals surface area contributed by atoms with E-state index < -0.39 is 0 Å². The van der Waals surface area contributed by atoms with Gasteiger partial charge >= 0.3 is 0 Å². The Labute approximate surface area is 99.1 Å². The molecule has 0 aliphatic rings. The number of amides is 1. The first kappa shape index (κ1) is 15.4. The van der Waals surface area contributed by atoms with Crippen LogP contribution in [-0.2, 0) is 9.53 Å². The van der Waals surface area contributed by atoms with Gasteiger partial charge in [-0.2, -0.15) is 0 Å². The fourth-order valence-corrected chi connectivity index (χ4v) is 1.09. The second kappa shape index (κ2) is 10.9. The molecule has 0 bridgehead atoms. The van der Waals surface area contributed by atoms with Gasteiger partial charge in [-0.1, -0.05) is 20.8 Å². The van der Waals surface area contributed by atoms with Crippen molar-refractivity contribution in [3.05, 3.63) is 0 Å². The van der Waals surface area contributed by atoms with E-state index in [0.717, 1.165) is 32.5 Å². The van der Waals surface area contributed by atoms with E-state index in [4.69, 9.17) is 4.74 Å². The second-order valence-corrected chi connectivity index (χ2v) is 4.32. The molecule has 16 heavy (non-hydrogen) atoms. The smallest absolute Gasteiger partial charge is 0.233 e. The quantitative estimate of drug-likeness (QED) is 0.554. The fourth-order valence-electron chi connectivity index (χ4n) is 1.09. The lowest BCUT2D eigenvalue weighted by atomic mass is 10.1. The number of nitrogens with one attached hydrogen (secondary N) is 2. The Balaban J connectivity index is 3.11. The normalized spacial score (nSPS) is 10.8. The summed E-state index contributed by atoms with van der Waals surface area (Å²) < 4.78 is 5.41. The molecule has 0 aliphatic carbocycles. The minimum absolute atomic E-state index is 0.0593. The van der Waals surface area contributed by atoms with Gasteiger partial charge in [-0.15, -0.1) is 0 Å². The van der Waals surface area contributed by atoms with Crippen molar-refractivity contribution in [2.45, 2.75) is 33.6 Å². The highest BCUT2D eigenvalue weighted by atomic mass is 16.5. The van der Waals surface area contributed by atoms with Crippen LogP contribution in [0.5, 0.6) is 0 Å². The van der Waals surface area contributed by atoms with Crippen molar-refractivity contribution in [2.24, 2.45) is 5.92 Å². The number of carbonyl (C=O) groups is 1. The minimum atomic E-state index is 0.0593. The second-order valence-electron chi connectivity index (χ2n) is 4.32. The molecule has 4 heteroatoms. The highest BCUT2D eigenvalue weighted by Gasteiger charge is 1.98. The van der Waals surface area contributed by atoms with Gasteiger partial charge < -0.3 is 15.4 Å². The van der Waals surface area contributed by atoms with E-state index in [0.29, 0.717) is 19.1 Å². The largest absolute Gasteiger partial charge is 0.380 e. The van der Waals surface area contributed by atoms with Crippen LogP contribution >= 0.6 is 0 Å². The molecule has 0 aliphatic heterocycles. The van der Waals surface area contributed by atoms with Crippen molar-refractivity contribution >= 4 is 5.91 Å². The zero-order chi connectivity index (χ0) is 12.2. The van der Waals surface area contributed by atoms with E-state index in [1.165, 1.54) is 0 Å². The van der Waals surface area contributed by atoms with E-state index in [1.807, 2.05) is 6.92 Å². The van der Waals surface area contributed by atoms with Gasteiger partial charge in [0.1, 0.15) is 0 Å². The average molecular weight is 230 g/mol. The Morgan fingerprint density at radius 1 is 1.25 bits per heavy atom. The molecular weight excluding hydrogens is 204 g/mol. The van der Waals surface area contributed by atoms with E-state index in [-0.39, 0.29) is 5.91 Å². The number of carbonyl (C=O) groups excluding carboxylic acids is 1. The maximum atomic E-state index is 11.2. The molecule has 0 rings (SSSR count). The van der Waals surface area contributed by atoms with Gasteiger partial charge in [0.2, 0.25) is 5.91 Å². The zero-order valence-corrected chi connectivity index (χ0v) is 10.8. The molecule has 0 saturated heterocycles. The van der Waals surface area contributed by atoms with Crippen LogP contribution in [0.4, 0.5) is 0 Å². The van der Waals surface area contributed by atoms with E-state index in [1.54, 1.807) is 0 Å². The summed E-state index contributed by atoms with van der Waals surface area (Å²) in [5.74, 6) is 0.747. The summed E-state index contributed by atoms with van der Waals surface area (Å²) in [6.45, 7) is 9.75. The monoisotopic (exact) mass is 230 g/mol. The molecule has 0 radical (unpaired) electrons. The molecule has 0 aromatic carbocycles. The molecule has 0 unspecified atom stereocenters. The maximum absolute atomic E-state index is 11.2. The molecule has 2 N–H and O–H groups in total. The topological polar surface area (TPSA) is 50.4 Å². The van der Waals surface area contributed by atoms with Crippen molar-refractivity contribution in [1.82, 2.24) is 10.6 Å². The lowest BCUT2D eigenvalue weighted by Gasteiger charge is -2.07. The van der Waals surface area contributed by atoms with Crippen LogP contribution in [0.15, 0.2) is 0 Å². The van der Waals surface area contributed by atoms with E-state index >= 15 is 0 Å². The van der Waals surface area contributed by atoms with Gasteiger partial charge in [0.15, 0.2) is 0 Å². The Morgan fingerprint density at radius 2 is 2.00 bits per heavy atom. The lowest BCUT2D eigenvalue weighted by molar-refractivity contribution is -0.120. The van der Waals surface area contributed by atoms with Crippen molar-refractivity contribution in [3.63, 3.8) is 0 Å². The first-order valence-electron chi connectivity index (χ1n) is 6.22. The highest BCUT2D eigenvalue weighted by molar-refractivity contribution is 5.77. The molecule has 0 heterocycles. The van der Waals surface area contributed by atoms with Crippen LogP contribution in [0.1, 0.15) is 33.6 Å². The molecule has 0 aromatic rings.